The molecular formula is C22H22F6O2. The van der Waals surface area contributed by atoms with Gasteiger partial charge in [-0.25, -0.2) is 0 Å². The summed E-state index contributed by atoms with van der Waals surface area (Å²) in [5, 5.41) is 0. The third kappa shape index (κ3) is 6.08. The van der Waals surface area contributed by atoms with Gasteiger partial charge in [0, 0.05) is 11.8 Å². The zero-order chi connectivity index (χ0) is 22.6. The van der Waals surface area contributed by atoms with Crippen LogP contribution in [0.15, 0.2) is 48.5 Å². The van der Waals surface area contributed by atoms with Crippen molar-refractivity contribution in [2.24, 2.45) is 0 Å². The summed E-state index contributed by atoms with van der Waals surface area (Å²) in [5.41, 5.74) is -2.75. The smallest absolute Gasteiger partial charge is 0.373 e. The zero-order valence-corrected chi connectivity index (χ0v) is 16.5. The van der Waals surface area contributed by atoms with Crippen molar-refractivity contribution in [2.75, 3.05) is 6.61 Å². The summed E-state index contributed by atoms with van der Waals surface area (Å²) in [7, 11) is 0. The number of ether oxygens (including phenoxy) is 1. The van der Waals surface area contributed by atoms with Crippen LogP contribution in [0, 0.1) is 0 Å². The highest BCUT2D eigenvalue weighted by molar-refractivity contribution is 5.49. The van der Waals surface area contributed by atoms with E-state index in [9.17, 15) is 31.1 Å². The Morgan fingerprint density at radius 1 is 0.900 bits per heavy atom. The van der Waals surface area contributed by atoms with Crippen LogP contribution in [0.4, 0.5) is 26.3 Å². The maximum absolute atomic E-state index is 13.1. The molecular weight excluding hydrogens is 410 g/mol. The van der Waals surface area contributed by atoms with Crippen LogP contribution in [0.2, 0.25) is 0 Å². The Balaban J connectivity index is 2.31. The molecule has 2 rings (SSSR count). The predicted octanol–water partition coefficient (Wildman–Crippen LogP) is 6.74. The second-order valence-corrected chi connectivity index (χ2v) is 7.42. The number of rotatable bonds is 8. The Labute approximate surface area is 170 Å². The molecule has 0 aliphatic rings. The van der Waals surface area contributed by atoms with E-state index in [2.05, 4.69) is 0 Å². The summed E-state index contributed by atoms with van der Waals surface area (Å²) in [4.78, 5) is 10.9. The fourth-order valence-corrected chi connectivity index (χ4v) is 3.14. The van der Waals surface area contributed by atoms with E-state index in [1.54, 1.807) is 12.1 Å². The van der Waals surface area contributed by atoms with Crippen molar-refractivity contribution in [2.45, 2.75) is 50.6 Å². The standard InChI is InChI=1S/C22H22F6O2/c1-15(16-11-18(21(23,24)25)13-19(12-16)22(26,27)28)30-14-20(2,9-6-10-29)17-7-4-3-5-8-17/h3-5,7-8,10-13,15H,6,9,14H2,1-2H3/t15-,20+/m1/s1. The Kier molecular flexibility index (Phi) is 7.34. The van der Waals surface area contributed by atoms with Gasteiger partial charge in [0.1, 0.15) is 6.29 Å². The van der Waals surface area contributed by atoms with E-state index in [0.29, 0.717) is 18.6 Å². The molecule has 0 unspecified atom stereocenters. The summed E-state index contributed by atoms with van der Waals surface area (Å²) in [6, 6.07) is 10.5. The Morgan fingerprint density at radius 2 is 1.43 bits per heavy atom. The third-order valence-corrected chi connectivity index (χ3v) is 5.02. The maximum Gasteiger partial charge on any atom is 0.416 e. The van der Waals surface area contributed by atoms with E-state index in [0.717, 1.165) is 11.8 Å². The fraction of sp³-hybridized carbons (Fsp3) is 0.409. The molecule has 0 heterocycles. The number of halogens is 6. The van der Waals surface area contributed by atoms with Gasteiger partial charge in [-0.15, -0.1) is 0 Å². The number of alkyl halides is 6. The molecule has 0 fully saturated rings. The van der Waals surface area contributed by atoms with E-state index >= 15 is 0 Å². The molecule has 0 radical (unpaired) electrons. The number of carbonyl (C=O) groups excluding carboxylic acids is 1. The second-order valence-electron chi connectivity index (χ2n) is 7.42. The van der Waals surface area contributed by atoms with Crippen molar-refractivity contribution in [3.8, 4) is 0 Å². The lowest BCUT2D eigenvalue weighted by molar-refractivity contribution is -0.143. The van der Waals surface area contributed by atoms with Crippen molar-refractivity contribution >= 4 is 6.29 Å². The Hall–Kier alpha value is -2.35. The van der Waals surface area contributed by atoms with Crippen LogP contribution in [0.1, 0.15) is 55.0 Å². The summed E-state index contributed by atoms with van der Waals surface area (Å²) >= 11 is 0. The van der Waals surface area contributed by atoms with Crippen LogP contribution in [0.3, 0.4) is 0 Å². The van der Waals surface area contributed by atoms with E-state index in [4.69, 9.17) is 4.74 Å². The van der Waals surface area contributed by atoms with Crippen LogP contribution in [0.5, 0.6) is 0 Å². The van der Waals surface area contributed by atoms with Gasteiger partial charge in [0.25, 0.3) is 0 Å². The SMILES string of the molecule is C[C@@H](OC[C@](C)(CCC=O)c1ccccc1)c1cc(C(F)(F)F)cc(C(F)(F)F)c1. The lowest BCUT2D eigenvalue weighted by Gasteiger charge is -2.31. The lowest BCUT2D eigenvalue weighted by atomic mass is 9.79. The molecule has 0 saturated heterocycles. The second kappa shape index (κ2) is 9.20. The number of hydrogen-bond acceptors (Lipinski definition) is 2. The van der Waals surface area contributed by atoms with E-state index < -0.39 is 35.0 Å². The zero-order valence-electron chi connectivity index (χ0n) is 16.5. The minimum atomic E-state index is -4.92. The molecule has 164 valence electrons. The number of benzene rings is 2. The Morgan fingerprint density at radius 3 is 1.90 bits per heavy atom. The van der Waals surface area contributed by atoms with Crippen LogP contribution < -0.4 is 0 Å². The van der Waals surface area contributed by atoms with Gasteiger partial charge < -0.3 is 9.53 Å². The summed E-state index contributed by atoms with van der Waals surface area (Å²) in [6.07, 6.45) is -9.44. The fourth-order valence-electron chi connectivity index (χ4n) is 3.14. The molecule has 0 bridgehead atoms. The van der Waals surface area contributed by atoms with Crippen molar-refractivity contribution in [3.63, 3.8) is 0 Å². The van der Waals surface area contributed by atoms with Crippen molar-refractivity contribution in [1.29, 1.82) is 0 Å². The van der Waals surface area contributed by atoms with E-state index in [1.807, 2.05) is 25.1 Å². The molecule has 8 heteroatoms. The molecule has 0 N–H and O–H groups in total. The monoisotopic (exact) mass is 432 g/mol. The first kappa shape index (κ1) is 23.9. The number of carbonyl (C=O) groups is 1. The Bertz CT molecular complexity index is 813. The highest BCUT2D eigenvalue weighted by Crippen LogP contribution is 2.38. The van der Waals surface area contributed by atoms with Crippen LogP contribution in [0.25, 0.3) is 0 Å². The first-order valence-corrected chi connectivity index (χ1v) is 9.27. The highest BCUT2D eigenvalue weighted by atomic mass is 19.4. The first-order valence-electron chi connectivity index (χ1n) is 9.27. The molecule has 0 aliphatic carbocycles. The lowest BCUT2D eigenvalue weighted by Crippen LogP contribution is -2.29. The largest absolute Gasteiger partial charge is 0.416 e. The summed E-state index contributed by atoms with van der Waals surface area (Å²) in [6.45, 7) is 3.26. The van der Waals surface area contributed by atoms with Gasteiger partial charge in [0.15, 0.2) is 0 Å². The van der Waals surface area contributed by atoms with Gasteiger partial charge in [-0.3, -0.25) is 0 Å². The minimum absolute atomic E-state index is 0.0175. The van der Waals surface area contributed by atoms with Crippen molar-refractivity contribution in [1.82, 2.24) is 0 Å². The van der Waals surface area contributed by atoms with Crippen LogP contribution in [-0.4, -0.2) is 12.9 Å². The maximum atomic E-state index is 13.1. The molecule has 0 aromatic heterocycles. The van der Waals surface area contributed by atoms with Gasteiger partial charge in [-0.1, -0.05) is 37.3 Å². The molecule has 0 amide bonds. The average molecular weight is 432 g/mol. The normalized spacial score (nSPS) is 15.5. The molecule has 2 aromatic rings. The highest BCUT2D eigenvalue weighted by Gasteiger charge is 2.37. The number of aldehydes is 1. The van der Waals surface area contributed by atoms with Crippen molar-refractivity contribution in [3.05, 3.63) is 70.8 Å². The minimum Gasteiger partial charge on any atom is -0.373 e. The number of hydrogen-bond donors (Lipinski definition) is 0. The van der Waals surface area contributed by atoms with E-state index in [-0.39, 0.29) is 24.7 Å². The third-order valence-electron chi connectivity index (χ3n) is 5.02. The molecule has 0 aliphatic heterocycles. The predicted molar refractivity (Wildman–Crippen MR) is 99.9 cm³/mol. The first-order chi connectivity index (χ1) is 13.9. The molecule has 0 spiro atoms. The van der Waals surface area contributed by atoms with Gasteiger partial charge >= 0.3 is 12.4 Å². The van der Waals surface area contributed by atoms with E-state index in [1.165, 1.54) is 6.92 Å². The topological polar surface area (TPSA) is 26.3 Å². The molecule has 2 aromatic carbocycles. The van der Waals surface area contributed by atoms with Gasteiger partial charge in [-0.05, 0) is 42.7 Å². The molecule has 2 nitrogen and oxygen atoms in total. The quantitative estimate of drug-likeness (QED) is 0.341. The van der Waals surface area contributed by atoms with Crippen LogP contribution in [-0.2, 0) is 27.3 Å². The van der Waals surface area contributed by atoms with Crippen LogP contribution >= 0.6 is 0 Å². The van der Waals surface area contributed by atoms with Crippen molar-refractivity contribution < 1.29 is 35.9 Å². The molecule has 30 heavy (non-hydrogen) atoms. The van der Waals surface area contributed by atoms with Gasteiger partial charge in [0.2, 0.25) is 0 Å². The molecule has 0 saturated carbocycles. The van der Waals surface area contributed by atoms with Gasteiger partial charge in [0.05, 0.1) is 23.8 Å². The molecule has 2 atom stereocenters. The summed E-state index contributed by atoms with van der Waals surface area (Å²) in [5.74, 6) is 0. The average Bonchev–Trinajstić information content (AvgIpc) is 2.69. The van der Waals surface area contributed by atoms with Gasteiger partial charge in [-0.2, -0.15) is 26.3 Å². The summed E-state index contributed by atoms with van der Waals surface area (Å²) < 4.78 is 84.3.